The van der Waals surface area contributed by atoms with Gasteiger partial charge in [0.1, 0.15) is 5.69 Å². The van der Waals surface area contributed by atoms with Gasteiger partial charge in [0.2, 0.25) is 0 Å². The molecule has 2 amide bonds. The van der Waals surface area contributed by atoms with Crippen LogP contribution >= 0.6 is 11.3 Å². The smallest absolute Gasteiger partial charge is 0.274 e. The third-order valence-corrected chi connectivity index (χ3v) is 6.14. The largest absolute Gasteiger partial charge is 0.354 e. The highest BCUT2D eigenvalue weighted by atomic mass is 32.1. The number of carbonyl (C=O) groups excluding carboxylic acids is 2. The van der Waals surface area contributed by atoms with E-state index in [-0.39, 0.29) is 17.7 Å². The summed E-state index contributed by atoms with van der Waals surface area (Å²) in [6.45, 7) is 3.07. The lowest BCUT2D eigenvalue weighted by Gasteiger charge is -2.16. The molecule has 0 saturated carbocycles. The molecule has 1 fully saturated rings. The summed E-state index contributed by atoms with van der Waals surface area (Å²) in [7, 11) is 1.65. The topological polar surface area (TPSA) is 75.2 Å². The van der Waals surface area contributed by atoms with Crippen LogP contribution in [0.4, 0.5) is 0 Å². The Labute approximate surface area is 161 Å². The van der Waals surface area contributed by atoms with E-state index >= 15 is 0 Å². The maximum absolute atomic E-state index is 12.8. The van der Waals surface area contributed by atoms with E-state index < -0.39 is 0 Å². The summed E-state index contributed by atoms with van der Waals surface area (Å²) >= 11 is 1.51. The van der Waals surface area contributed by atoms with Crippen LogP contribution in [0.25, 0.3) is 10.1 Å². The molecule has 138 valence electrons. The monoisotopic (exact) mass is 380 g/mol. The molecule has 0 spiro atoms. The Morgan fingerprint density at radius 3 is 2.78 bits per heavy atom. The Hall–Kier alpha value is -2.80. The molecule has 1 atom stereocenters. The number of nitrogens with zero attached hydrogens (tertiary/aromatic N) is 3. The number of rotatable bonds is 3. The Morgan fingerprint density at radius 2 is 2.04 bits per heavy atom. The average Bonchev–Trinajstić information content (AvgIpc) is 3.32. The van der Waals surface area contributed by atoms with E-state index in [2.05, 4.69) is 21.4 Å². The predicted molar refractivity (Wildman–Crippen MR) is 105 cm³/mol. The molecule has 6 nitrogen and oxygen atoms in total. The van der Waals surface area contributed by atoms with Gasteiger partial charge in [-0.1, -0.05) is 18.2 Å². The fourth-order valence-corrected chi connectivity index (χ4v) is 4.83. The number of likely N-dealkylation sites (tertiary alicyclic amines) is 1. The molecule has 7 heteroatoms. The fourth-order valence-electron chi connectivity index (χ4n) is 3.60. The van der Waals surface area contributed by atoms with Gasteiger partial charge in [-0.15, -0.1) is 11.3 Å². The lowest BCUT2D eigenvalue weighted by molar-refractivity contribution is 0.0784. The Bertz CT molecular complexity index is 1010. The van der Waals surface area contributed by atoms with Crippen LogP contribution < -0.4 is 5.32 Å². The number of hydrogen-bond acceptors (Lipinski definition) is 5. The van der Waals surface area contributed by atoms with Crippen molar-refractivity contribution in [3.05, 3.63) is 58.5 Å². The second-order valence-electron chi connectivity index (χ2n) is 6.70. The molecule has 0 radical (unpaired) electrons. The first kappa shape index (κ1) is 17.6. The van der Waals surface area contributed by atoms with E-state index in [0.29, 0.717) is 18.8 Å². The van der Waals surface area contributed by atoms with E-state index in [1.807, 2.05) is 30.0 Å². The van der Waals surface area contributed by atoms with Gasteiger partial charge in [0.25, 0.3) is 11.8 Å². The summed E-state index contributed by atoms with van der Waals surface area (Å²) in [5.41, 5.74) is 2.20. The molecule has 4 rings (SSSR count). The summed E-state index contributed by atoms with van der Waals surface area (Å²) in [6, 6.07) is 8.07. The maximum Gasteiger partial charge on any atom is 0.274 e. The number of aromatic nitrogens is 2. The molecule has 1 N–H and O–H groups in total. The van der Waals surface area contributed by atoms with Gasteiger partial charge in [0.05, 0.1) is 16.8 Å². The van der Waals surface area contributed by atoms with E-state index in [9.17, 15) is 9.59 Å². The quantitative estimate of drug-likeness (QED) is 0.758. The van der Waals surface area contributed by atoms with Gasteiger partial charge in [0, 0.05) is 37.0 Å². The summed E-state index contributed by atoms with van der Waals surface area (Å²) in [5.74, 6) is -0.0396. The average molecular weight is 380 g/mol. The zero-order valence-electron chi connectivity index (χ0n) is 15.2. The van der Waals surface area contributed by atoms with Crippen molar-refractivity contribution in [2.45, 2.75) is 19.3 Å². The van der Waals surface area contributed by atoms with E-state index in [1.54, 1.807) is 13.2 Å². The summed E-state index contributed by atoms with van der Waals surface area (Å²) in [6.07, 6.45) is 3.97. The zero-order valence-corrected chi connectivity index (χ0v) is 16.0. The van der Waals surface area contributed by atoms with Crippen molar-refractivity contribution in [1.82, 2.24) is 20.2 Å². The Kier molecular flexibility index (Phi) is 4.61. The van der Waals surface area contributed by atoms with Crippen molar-refractivity contribution in [2.75, 3.05) is 20.1 Å². The molecule has 3 aromatic rings. The summed E-state index contributed by atoms with van der Waals surface area (Å²) < 4.78 is 1.10. The normalized spacial score (nSPS) is 16.7. The van der Waals surface area contributed by atoms with Crippen molar-refractivity contribution < 1.29 is 9.59 Å². The fraction of sp³-hybridized carbons (Fsp3) is 0.300. The first-order chi connectivity index (χ1) is 13.1. The number of fused-ring (bicyclic) bond motifs is 1. The van der Waals surface area contributed by atoms with Gasteiger partial charge in [-0.25, -0.2) is 4.98 Å². The minimum Gasteiger partial charge on any atom is -0.354 e. The lowest BCUT2D eigenvalue weighted by atomic mass is 9.95. The number of nitrogens with one attached hydrogen (secondary N) is 1. The highest BCUT2D eigenvalue weighted by Crippen LogP contribution is 2.40. The number of amides is 2. The third kappa shape index (κ3) is 3.19. The van der Waals surface area contributed by atoms with Crippen LogP contribution in [0.2, 0.25) is 0 Å². The molecule has 1 aliphatic rings. The number of aryl methyl sites for hydroxylation is 1. The molecular weight excluding hydrogens is 360 g/mol. The van der Waals surface area contributed by atoms with E-state index in [4.69, 9.17) is 0 Å². The van der Waals surface area contributed by atoms with Crippen molar-refractivity contribution >= 4 is 33.2 Å². The summed E-state index contributed by atoms with van der Waals surface area (Å²) in [4.78, 5) is 36.1. The molecule has 1 aliphatic heterocycles. The number of benzene rings is 1. The molecule has 1 unspecified atom stereocenters. The molecule has 0 bridgehead atoms. The molecule has 2 aromatic heterocycles. The van der Waals surface area contributed by atoms with Gasteiger partial charge >= 0.3 is 0 Å². The molecule has 1 saturated heterocycles. The van der Waals surface area contributed by atoms with Crippen LogP contribution in [0.5, 0.6) is 0 Å². The third-order valence-electron chi connectivity index (χ3n) is 4.95. The van der Waals surface area contributed by atoms with Gasteiger partial charge in [-0.2, -0.15) is 0 Å². The van der Waals surface area contributed by atoms with Crippen LogP contribution in [0, 0.1) is 6.92 Å². The van der Waals surface area contributed by atoms with Gasteiger partial charge < -0.3 is 10.2 Å². The number of carbonyl (C=O) groups is 2. The van der Waals surface area contributed by atoms with Crippen molar-refractivity contribution in [2.24, 2.45) is 0 Å². The predicted octanol–water partition coefficient (Wildman–Crippen LogP) is 2.99. The molecule has 3 heterocycles. The van der Waals surface area contributed by atoms with Crippen molar-refractivity contribution in [3.63, 3.8) is 0 Å². The van der Waals surface area contributed by atoms with Crippen LogP contribution in [0.3, 0.4) is 0 Å². The number of hydrogen-bond donors (Lipinski definition) is 1. The minimum absolute atomic E-state index is 0.0691. The van der Waals surface area contributed by atoms with E-state index in [1.165, 1.54) is 17.5 Å². The van der Waals surface area contributed by atoms with Crippen LogP contribution in [0.1, 0.15) is 43.8 Å². The van der Waals surface area contributed by atoms with Crippen LogP contribution in [-0.4, -0.2) is 46.8 Å². The van der Waals surface area contributed by atoms with Crippen molar-refractivity contribution in [3.8, 4) is 0 Å². The Morgan fingerprint density at radius 1 is 1.22 bits per heavy atom. The second-order valence-corrected chi connectivity index (χ2v) is 7.75. The number of thiophene rings is 1. The van der Waals surface area contributed by atoms with Crippen molar-refractivity contribution in [1.29, 1.82) is 0 Å². The van der Waals surface area contributed by atoms with Gasteiger partial charge in [0.15, 0.2) is 0 Å². The molecule has 1 aromatic carbocycles. The molecular formula is C20H20N4O2S. The Balaban J connectivity index is 1.64. The van der Waals surface area contributed by atoms with E-state index in [0.717, 1.165) is 32.6 Å². The summed E-state index contributed by atoms with van der Waals surface area (Å²) in [5, 5.41) is 3.85. The lowest BCUT2D eigenvalue weighted by Crippen LogP contribution is -2.29. The van der Waals surface area contributed by atoms with Gasteiger partial charge in [-0.3, -0.25) is 14.6 Å². The standard InChI is InChI=1S/C20H20N4O2S/c1-12-9-23-15(10-22-12)20(26)24-8-7-13(11-24)17-14-5-3-4-6-16(14)27-18(17)19(25)21-2/h3-6,9-10,13H,7-8,11H2,1-2H3,(H,21,25). The highest BCUT2D eigenvalue weighted by Gasteiger charge is 2.33. The van der Waals surface area contributed by atoms with Gasteiger partial charge in [-0.05, 0) is 30.4 Å². The highest BCUT2D eigenvalue weighted by molar-refractivity contribution is 7.21. The van der Waals surface area contributed by atoms with Crippen LogP contribution in [0.15, 0.2) is 36.7 Å². The molecule has 0 aliphatic carbocycles. The molecule has 27 heavy (non-hydrogen) atoms. The minimum atomic E-state index is -0.106. The zero-order chi connectivity index (χ0) is 19.0. The van der Waals surface area contributed by atoms with Crippen LogP contribution in [-0.2, 0) is 0 Å². The first-order valence-electron chi connectivity index (χ1n) is 8.90. The first-order valence-corrected chi connectivity index (χ1v) is 9.71. The SMILES string of the molecule is CNC(=O)c1sc2ccccc2c1C1CCN(C(=O)c2cnc(C)cn2)C1. The second kappa shape index (κ2) is 7.08. The maximum atomic E-state index is 12.8.